The van der Waals surface area contributed by atoms with Crippen LogP contribution in [0.3, 0.4) is 0 Å². The highest BCUT2D eigenvalue weighted by Crippen LogP contribution is 2.34. The topological polar surface area (TPSA) is 52.6 Å². The fourth-order valence-corrected chi connectivity index (χ4v) is 1.55. The number of benzene rings is 1. The van der Waals surface area contributed by atoms with Crippen LogP contribution >= 0.6 is 0 Å². The molecule has 1 aromatic carbocycles. The fourth-order valence-electron chi connectivity index (χ4n) is 1.55. The van der Waals surface area contributed by atoms with E-state index >= 15 is 0 Å². The van der Waals surface area contributed by atoms with Crippen LogP contribution in [-0.2, 0) is 6.18 Å². The summed E-state index contributed by atoms with van der Waals surface area (Å²) in [6, 6.07) is 3.13. The number of aromatic carboxylic acids is 1. The van der Waals surface area contributed by atoms with Crippen molar-refractivity contribution in [2.75, 3.05) is 26.0 Å². The number of carboxylic acids is 1. The Labute approximate surface area is 121 Å². The van der Waals surface area contributed by atoms with Gasteiger partial charge in [0.25, 0.3) is 0 Å². The van der Waals surface area contributed by atoms with Gasteiger partial charge in [0.15, 0.2) is 0 Å². The molecular formula is C14H19F3N2O2. The summed E-state index contributed by atoms with van der Waals surface area (Å²) in [6.07, 6.45) is -4.71. The minimum Gasteiger partial charge on any atom is -0.478 e. The third-order valence-electron chi connectivity index (χ3n) is 3.49. The number of halogens is 3. The normalized spacial score (nSPS) is 12.6. The number of anilines is 1. The van der Waals surface area contributed by atoms with Crippen molar-refractivity contribution in [2.24, 2.45) is 0 Å². The van der Waals surface area contributed by atoms with E-state index in [1.165, 1.54) is 6.07 Å². The van der Waals surface area contributed by atoms with E-state index in [0.717, 1.165) is 12.1 Å². The van der Waals surface area contributed by atoms with Gasteiger partial charge < -0.3 is 15.3 Å². The monoisotopic (exact) mass is 304 g/mol. The Morgan fingerprint density at radius 2 is 1.86 bits per heavy atom. The Bertz CT molecular complexity index is 525. The van der Waals surface area contributed by atoms with E-state index in [2.05, 4.69) is 5.32 Å². The molecule has 118 valence electrons. The summed E-state index contributed by atoms with van der Waals surface area (Å²) in [4.78, 5) is 12.8. The van der Waals surface area contributed by atoms with Gasteiger partial charge in [-0.15, -0.1) is 0 Å². The van der Waals surface area contributed by atoms with Crippen molar-refractivity contribution >= 4 is 11.7 Å². The van der Waals surface area contributed by atoms with E-state index in [0.29, 0.717) is 6.54 Å². The summed E-state index contributed by atoms with van der Waals surface area (Å²) < 4.78 is 38.7. The molecule has 21 heavy (non-hydrogen) atoms. The van der Waals surface area contributed by atoms with Crippen LogP contribution in [0.5, 0.6) is 0 Å². The molecule has 0 heterocycles. The van der Waals surface area contributed by atoms with Gasteiger partial charge in [0.1, 0.15) is 0 Å². The van der Waals surface area contributed by atoms with Gasteiger partial charge in [0.05, 0.1) is 11.1 Å². The average Bonchev–Trinajstić information content (AvgIpc) is 2.34. The summed E-state index contributed by atoms with van der Waals surface area (Å²) in [5, 5.41) is 11.7. The maximum Gasteiger partial charge on any atom is 0.417 e. The third kappa shape index (κ3) is 4.35. The van der Waals surface area contributed by atoms with Gasteiger partial charge in [-0.25, -0.2) is 4.79 Å². The molecule has 4 nitrogen and oxygen atoms in total. The number of hydrogen-bond donors (Lipinski definition) is 2. The highest BCUT2D eigenvalue weighted by atomic mass is 19.4. The summed E-state index contributed by atoms with van der Waals surface area (Å²) >= 11 is 0. The molecule has 0 saturated carbocycles. The summed E-state index contributed by atoms with van der Waals surface area (Å²) in [5.41, 5.74) is -1.92. The zero-order chi connectivity index (χ0) is 16.4. The highest BCUT2D eigenvalue weighted by Gasteiger charge is 2.35. The molecule has 0 aliphatic heterocycles. The lowest BCUT2D eigenvalue weighted by Gasteiger charge is -2.33. The first-order valence-electron chi connectivity index (χ1n) is 6.31. The molecule has 0 aliphatic rings. The maximum atomic E-state index is 12.9. The number of likely N-dealkylation sites (N-methyl/N-ethyl adjacent to an activating group) is 1. The molecule has 1 rings (SSSR count). The smallest absolute Gasteiger partial charge is 0.417 e. The first-order valence-corrected chi connectivity index (χ1v) is 6.31. The molecule has 2 N–H and O–H groups in total. The van der Waals surface area contributed by atoms with Gasteiger partial charge in [0, 0.05) is 17.8 Å². The largest absolute Gasteiger partial charge is 0.478 e. The van der Waals surface area contributed by atoms with Crippen LogP contribution in [0, 0.1) is 0 Å². The first-order chi connectivity index (χ1) is 9.45. The molecule has 0 spiro atoms. The predicted octanol–water partition coefficient (Wildman–Crippen LogP) is 3.16. The predicted molar refractivity (Wildman–Crippen MR) is 74.7 cm³/mol. The molecule has 0 aliphatic carbocycles. The molecule has 0 fully saturated rings. The third-order valence-corrected chi connectivity index (χ3v) is 3.49. The minimum absolute atomic E-state index is 0.238. The van der Waals surface area contributed by atoms with Crippen molar-refractivity contribution in [2.45, 2.75) is 25.6 Å². The molecular weight excluding hydrogens is 285 g/mol. The van der Waals surface area contributed by atoms with Crippen LogP contribution in [0.25, 0.3) is 0 Å². The lowest BCUT2D eigenvalue weighted by molar-refractivity contribution is -0.138. The first kappa shape index (κ1) is 17.3. The van der Waals surface area contributed by atoms with Crippen LogP contribution in [0.4, 0.5) is 18.9 Å². The van der Waals surface area contributed by atoms with Crippen LogP contribution in [0.1, 0.15) is 29.8 Å². The van der Waals surface area contributed by atoms with Gasteiger partial charge in [-0.3, -0.25) is 0 Å². The highest BCUT2D eigenvalue weighted by molar-refractivity contribution is 5.90. The SMILES string of the molecule is CN(C)C(C)(C)CNc1ccc(C(=O)O)c(C(F)(F)F)c1. The number of rotatable bonds is 5. The number of nitrogens with zero attached hydrogens (tertiary/aromatic N) is 1. The van der Waals surface area contributed by atoms with E-state index in [1.54, 1.807) is 0 Å². The molecule has 0 amide bonds. The van der Waals surface area contributed by atoms with Crippen molar-refractivity contribution in [1.29, 1.82) is 0 Å². The van der Waals surface area contributed by atoms with Gasteiger partial charge in [0.2, 0.25) is 0 Å². The minimum atomic E-state index is -4.71. The molecule has 0 unspecified atom stereocenters. The second kappa shape index (κ2) is 5.93. The van der Waals surface area contributed by atoms with E-state index < -0.39 is 23.3 Å². The fraction of sp³-hybridized carbons (Fsp3) is 0.500. The molecule has 0 aromatic heterocycles. The Morgan fingerprint density at radius 1 is 1.29 bits per heavy atom. The van der Waals surface area contributed by atoms with E-state index in [9.17, 15) is 18.0 Å². The number of alkyl halides is 3. The number of hydrogen-bond acceptors (Lipinski definition) is 3. The Morgan fingerprint density at radius 3 is 2.29 bits per heavy atom. The van der Waals surface area contributed by atoms with E-state index in [-0.39, 0.29) is 11.2 Å². The second-order valence-corrected chi connectivity index (χ2v) is 5.62. The number of carboxylic acid groups (broad SMARTS) is 1. The van der Waals surface area contributed by atoms with Crippen LogP contribution in [0.15, 0.2) is 18.2 Å². The zero-order valence-electron chi connectivity index (χ0n) is 12.4. The van der Waals surface area contributed by atoms with Crippen molar-refractivity contribution in [3.05, 3.63) is 29.3 Å². The second-order valence-electron chi connectivity index (χ2n) is 5.62. The molecule has 7 heteroatoms. The standard InChI is InChI=1S/C14H19F3N2O2/c1-13(2,19(3)4)8-18-9-5-6-10(12(20)21)11(7-9)14(15,16)17/h5-7,18H,8H2,1-4H3,(H,20,21). The summed E-state index contributed by atoms with van der Waals surface area (Å²) in [5.74, 6) is -1.59. The van der Waals surface area contributed by atoms with Crippen molar-refractivity contribution < 1.29 is 23.1 Å². The molecule has 0 radical (unpaired) electrons. The van der Waals surface area contributed by atoms with E-state index in [1.807, 2.05) is 32.8 Å². The van der Waals surface area contributed by atoms with Gasteiger partial charge >= 0.3 is 12.1 Å². The lowest BCUT2D eigenvalue weighted by Crippen LogP contribution is -2.44. The molecule has 0 atom stereocenters. The van der Waals surface area contributed by atoms with Crippen molar-refractivity contribution in [3.63, 3.8) is 0 Å². The molecule has 0 saturated heterocycles. The van der Waals surface area contributed by atoms with Gasteiger partial charge in [-0.1, -0.05) is 0 Å². The summed E-state index contributed by atoms with van der Waals surface area (Å²) in [7, 11) is 3.74. The van der Waals surface area contributed by atoms with Gasteiger partial charge in [-0.05, 0) is 46.1 Å². The van der Waals surface area contributed by atoms with Crippen LogP contribution in [-0.4, -0.2) is 42.2 Å². The summed E-state index contributed by atoms with van der Waals surface area (Å²) in [6.45, 7) is 4.30. The zero-order valence-corrected chi connectivity index (χ0v) is 12.4. The van der Waals surface area contributed by atoms with Crippen LogP contribution in [0.2, 0.25) is 0 Å². The van der Waals surface area contributed by atoms with Crippen molar-refractivity contribution in [3.8, 4) is 0 Å². The van der Waals surface area contributed by atoms with Crippen molar-refractivity contribution in [1.82, 2.24) is 4.90 Å². The van der Waals surface area contributed by atoms with Crippen LogP contribution < -0.4 is 5.32 Å². The molecule has 1 aromatic rings. The average molecular weight is 304 g/mol. The maximum absolute atomic E-state index is 12.9. The number of carbonyl (C=O) groups is 1. The Kier molecular flexibility index (Phi) is 4.88. The van der Waals surface area contributed by atoms with Gasteiger partial charge in [-0.2, -0.15) is 13.2 Å². The Balaban J connectivity index is 3.04. The number of nitrogens with one attached hydrogen (secondary N) is 1. The lowest BCUT2D eigenvalue weighted by atomic mass is 10.0. The quantitative estimate of drug-likeness (QED) is 0.877. The molecule has 0 bridgehead atoms. The Hall–Kier alpha value is -1.76. The van der Waals surface area contributed by atoms with E-state index in [4.69, 9.17) is 5.11 Å².